The second-order valence-electron chi connectivity index (χ2n) is 6.91. The highest BCUT2D eigenvalue weighted by Gasteiger charge is 2.37. The summed E-state index contributed by atoms with van der Waals surface area (Å²) in [5.74, 6) is -0.396. The van der Waals surface area contributed by atoms with Crippen molar-refractivity contribution in [3.8, 4) is 0 Å². The maximum atomic E-state index is 12.9. The molecule has 1 unspecified atom stereocenters. The van der Waals surface area contributed by atoms with Gasteiger partial charge in [0.25, 0.3) is 0 Å². The van der Waals surface area contributed by atoms with E-state index in [-0.39, 0.29) is 23.5 Å². The predicted molar refractivity (Wildman–Crippen MR) is 89.8 cm³/mol. The highest BCUT2D eigenvalue weighted by Crippen LogP contribution is 2.28. The molecule has 1 saturated carbocycles. The van der Waals surface area contributed by atoms with E-state index in [1.54, 1.807) is 12.1 Å². The molecule has 1 aromatic rings. The number of amides is 2. The minimum absolute atomic E-state index is 0.0382. The van der Waals surface area contributed by atoms with Gasteiger partial charge in [-0.05, 0) is 37.0 Å². The number of halogens is 1. The molecule has 24 heavy (non-hydrogen) atoms. The van der Waals surface area contributed by atoms with Gasteiger partial charge in [-0.2, -0.15) is 0 Å². The SMILES string of the molecule is O=C(NCCc1ccc(F)cc1)C1CC(=O)N(C2CCCCC2)C1. The van der Waals surface area contributed by atoms with Crippen LogP contribution in [0.4, 0.5) is 4.39 Å². The standard InChI is InChI=1S/C19H25FN2O2/c20-16-8-6-14(7-9-16)10-11-21-19(24)15-12-18(23)22(13-15)17-4-2-1-3-5-17/h6-9,15,17H,1-5,10-13H2,(H,21,24). The monoisotopic (exact) mass is 332 g/mol. The Balaban J connectivity index is 1.45. The van der Waals surface area contributed by atoms with Crippen molar-refractivity contribution >= 4 is 11.8 Å². The van der Waals surface area contributed by atoms with Gasteiger partial charge in [-0.3, -0.25) is 9.59 Å². The van der Waals surface area contributed by atoms with Crippen molar-refractivity contribution in [2.75, 3.05) is 13.1 Å². The smallest absolute Gasteiger partial charge is 0.225 e. The molecule has 2 amide bonds. The third-order valence-electron chi connectivity index (χ3n) is 5.17. The fourth-order valence-corrected chi connectivity index (χ4v) is 3.78. The van der Waals surface area contributed by atoms with E-state index < -0.39 is 0 Å². The molecule has 1 aliphatic carbocycles. The van der Waals surface area contributed by atoms with Crippen LogP contribution in [0.25, 0.3) is 0 Å². The van der Waals surface area contributed by atoms with E-state index in [1.807, 2.05) is 4.90 Å². The lowest BCUT2D eigenvalue weighted by atomic mass is 9.94. The molecule has 1 atom stereocenters. The van der Waals surface area contributed by atoms with Crippen LogP contribution >= 0.6 is 0 Å². The Kier molecular flexibility index (Phi) is 5.48. The normalized spacial score (nSPS) is 22.0. The average molecular weight is 332 g/mol. The lowest BCUT2D eigenvalue weighted by Crippen LogP contribution is -2.39. The van der Waals surface area contributed by atoms with Crippen LogP contribution in [0.1, 0.15) is 44.1 Å². The van der Waals surface area contributed by atoms with E-state index in [1.165, 1.54) is 31.4 Å². The van der Waals surface area contributed by atoms with E-state index in [2.05, 4.69) is 5.32 Å². The summed E-state index contributed by atoms with van der Waals surface area (Å²) >= 11 is 0. The molecule has 1 heterocycles. The Hall–Kier alpha value is -1.91. The number of rotatable bonds is 5. The third-order valence-corrected chi connectivity index (χ3v) is 5.17. The van der Waals surface area contributed by atoms with Gasteiger partial charge in [-0.15, -0.1) is 0 Å². The van der Waals surface area contributed by atoms with Crippen molar-refractivity contribution in [3.63, 3.8) is 0 Å². The first kappa shape index (κ1) is 16.9. The number of carbonyl (C=O) groups is 2. The van der Waals surface area contributed by atoms with Gasteiger partial charge in [0.1, 0.15) is 5.82 Å². The number of carbonyl (C=O) groups excluding carboxylic acids is 2. The van der Waals surface area contributed by atoms with Crippen molar-refractivity contribution in [2.45, 2.75) is 51.0 Å². The summed E-state index contributed by atoms with van der Waals surface area (Å²) in [5, 5.41) is 2.92. The number of nitrogens with zero attached hydrogens (tertiary/aromatic N) is 1. The van der Waals surface area contributed by atoms with Crippen LogP contribution in [-0.2, 0) is 16.0 Å². The lowest BCUT2D eigenvalue weighted by Gasteiger charge is -2.31. The molecule has 0 aromatic heterocycles. The van der Waals surface area contributed by atoms with Gasteiger partial charge in [0.2, 0.25) is 11.8 Å². The molecule has 4 nitrogen and oxygen atoms in total. The Labute approximate surface area is 142 Å². The van der Waals surface area contributed by atoms with Crippen molar-refractivity contribution in [3.05, 3.63) is 35.6 Å². The van der Waals surface area contributed by atoms with Crippen LogP contribution in [-0.4, -0.2) is 35.8 Å². The van der Waals surface area contributed by atoms with Crippen LogP contribution in [0.3, 0.4) is 0 Å². The number of hydrogen-bond donors (Lipinski definition) is 1. The molecule has 0 bridgehead atoms. The van der Waals surface area contributed by atoms with Gasteiger partial charge >= 0.3 is 0 Å². The van der Waals surface area contributed by atoms with Gasteiger partial charge in [-0.25, -0.2) is 4.39 Å². The Bertz CT molecular complexity index is 582. The zero-order valence-electron chi connectivity index (χ0n) is 14.0. The van der Waals surface area contributed by atoms with E-state index in [9.17, 15) is 14.0 Å². The molecule has 1 aliphatic heterocycles. The van der Waals surface area contributed by atoms with Gasteiger partial charge in [0.05, 0.1) is 5.92 Å². The molecule has 130 valence electrons. The summed E-state index contributed by atoms with van der Waals surface area (Å²) in [7, 11) is 0. The largest absolute Gasteiger partial charge is 0.355 e. The van der Waals surface area contributed by atoms with E-state index >= 15 is 0 Å². The molecule has 0 spiro atoms. The molecule has 1 aromatic carbocycles. The molecule has 1 saturated heterocycles. The third kappa shape index (κ3) is 4.13. The van der Waals surface area contributed by atoms with E-state index in [4.69, 9.17) is 0 Å². The van der Waals surface area contributed by atoms with Crippen molar-refractivity contribution in [2.24, 2.45) is 5.92 Å². The van der Waals surface area contributed by atoms with Crippen LogP contribution < -0.4 is 5.32 Å². The summed E-state index contributed by atoms with van der Waals surface area (Å²) in [6.07, 6.45) is 6.77. The average Bonchev–Trinajstić information content (AvgIpc) is 2.99. The van der Waals surface area contributed by atoms with Gasteiger partial charge in [0, 0.05) is 25.6 Å². The van der Waals surface area contributed by atoms with Gasteiger partial charge in [0.15, 0.2) is 0 Å². The molecular formula is C19H25FN2O2. The number of hydrogen-bond acceptors (Lipinski definition) is 2. The fourth-order valence-electron chi connectivity index (χ4n) is 3.78. The molecular weight excluding hydrogens is 307 g/mol. The van der Waals surface area contributed by atoms with Crippen molar-refractivity contribution in [1.82, 2.24) is 10.2 Å². The second kappa shape index (κ2) is 7.77. The Morgan fingerprint density at radius 1 is 1.17 bits per heavy atom. The topological polar surface area (TPSA) is 49.4 Å². The number of nitrogens with one attached hydrogen (secondary N) is 1. The first-order valence-corrected chi connectivity index (χ1v) is 8.95. The maximum absolute atomic E-state index is 12.9. The summed E-state index contributed by atoms with van der Waals surface area (Å²) in [5.41, 5.74) is 0.989. The minimum atomic E-state index is -0.255. The van der Waals surface area contributed by atoms with Gasteiger partial charge < -0.3 is 10.2 Å². The first-order valence-electron chi connectivity index (χ1n) is 8.95. The molecule has 5 heteroatoms. The van der Waals surface area contributed by atoms with Crippen LogP contribution in [0, 0.1) is 11.7 Å². The first-order chi connectivity index (χ1) is 11.6. The van der Waals surface area contributed by atoms with Crippen molar-refractivity contribution in [1.29, 1.82) is 0 Å². The molecule has 0 radical (unpaired) electrons. The number of likely N-dealkylation sites (tertiary alicyclic amines) is 1. The summed E-state index contributed by atoms with van der Waals surface area (Å²) in [4.78, 5) is 26.5. The van der Waals surface area contributed by atoms with Crippen molar-refractivity contribution < 1.29 is 14.0 Å². The molecule has 3 rings (SSSR count). The van der Waals surface area contributed by atoms with Crippen LogP contribution in [0.5, 0.6) is 0 Å². The quantitative estimate of drug-likeness (QED) is 0.901. The zero-order chi connectivity index (χ0) is 16.9. The summed E-state index contributed by atoms with van der Waals surface area (Å²) in [6.45, 7) is 1.07. The highest BCUT2D eigenvalue weighted by molar-refractivity contribution is 5.89. The summed E-state index contributed by atoms with van der Waals surface area (Å²) < 4.78 is 12.9. The van der Waals surface area contributed by atoms with Crippen LogP contribution in [0.2, 0.25) is 0 Å². The summed E-state index contributed by atoms with van der Waals surface area (Å²) in [6, 6.07) is 6.64. The molecule has 1 N–H and O–H groups in total. The van der Waals surface area contributed by atoms with Crippen LogP contribution in [0.15, 0.2) is 24.3 Å². The molecule has 2 fully saturated rings. The maximum Gasteiger partial charge on any atom is 0.225 e. The van der Waals surface area contributed by atoms with E-state index in [0.717, 1.165) is 18.4 Å². The zero-order valence-corrected chi connectivity index (χ0v) is 14.0. The predicted octanol–water partition coefficient (Wildman–Crippen LogP) is 2.67. The second-order valence-corrected chi connectivity index (χ2v) is 6.91. The van der Waals surface area contributed by atoms with E-state index in [0.29, 0.717) is 32.0 Å². The lowest BCUT2D eigenvalue weighted by molar-refractivity contribution is -0.130. The number of benzene rings is 1. The Morgan fingerprint density at radius 3 is 2.58 bits per heavy atom. The highest BCUT2D eigenvalue weighted by atomic mass is 19.1. The Morgan fingerprint density at radius 2 is 1.88 bits per heavy atom. The minimum Gasteiger partial charge on any atom is -0.355 e. The molecule has 2 aliphatic rings. The fraction of sp³-hybridized carbons (Fsp3) is 0.579. The van der Waals surface area contributed by atoms with Gasteiger partial charge in [-0.1, -0.05) is 31.4 Å².